The Morgan fingerprint density at radius 2 is 1.81 bits per heavy atom. The summed E-state index contributed by atoms with van der Waals surface area (Å²) >= 11 is 0. The number of carbonyl (C=O) groups excluding carboxylic acids is 1. The second-order valence-corrected chi connectivity index (χ2v) is 4.70. The van der Waals surface area contributed by atoms with Gasteiger partial charge in [0.05, 0.1) is 0 Å². The quantitative estimate of drug-likeness (QED) is 0.523. The maximum absolute atomic E-state index is 10.7. The number of aryl methyl sites for hydroxylation is 2. The van der Waals surface area contributed by atoms with Crippen molar-refractivity contribution in [2.24, 2.45) is 5.92 Å². The molecule has 0 spiro atoms. The van der Waals surface area contributed by atoms with E-state index in [2.05, 4.69) is 56.9 Å². The van der Waals surface area contributed by atoms with Gasteiger partial charge in [-0.3, -0.25) is 4.79 Å². The minimum absolute atomic E-state index is 0.0419. The van der Waals surface area contributed by atoms with Gasteiger partial charge in [-0.2, -0.15) is 0 Å². The van der Waals surface area contributed by atoms with Gasteiger partial charge in [0.1, 0.15) is 0 Å². The van der Waals surface area contributed by atoms with Crippen molar-refractivity contribution in [3.8, 4) is 11.8 Å². The van der Waals surface area contributed by atoms with E-state index in [1.54, 1.807) is 0 Å². The average Bonchev–Trinajstić information content (AvgIpc) is 2.54. The van der Waals surface area contributed by atoms with Crippen LogP contribution in [0.25, 0.3) is 0 Å². The molecule has 1 unspecified atom stereocenters. The number of benzene rings is 1. The third-order valence-electron chi connectivity index (χ3n) is 2.88. The Kier molecular flexibility index (Phi) is 15.4. The third kappa shape index (κ3) is 13.2. The van der Waals surface area contributed by atoms with Gasteiger partial charge in [0.25, 0.3) is 0 Å². The topological polar surface area (TPSA) is 17.1 Å². The van der Waals surface area contributed by atoms with Crippen LogP contribution < -0.4 is 0 Å². The highest BCUT2D eigenvalue weighted by molar-refractivity contribution is 5.95. The maximum Gasteiger partial charge on any atom is 0.205 e. The van der Waals surface area contributed by atoms with Gasteiger partial charge in [0, 0.05) is 12.3 Å². The lowest BCUT2D eigenvalue weighted by atomic mass is 10.1. The Balaban J connectivity index is 0. The van der Waals surface area contributed by atoms with E-state index in [0.717, 1.165) is 12.8 Å². The second kappa shape index (κ2) is 14.9. The van der Waals surface area contributed by atoms with Crippen molar-refractivity contribution < 1.29 is 4.79 Å². The Bertz CT molecular complexity index is 435. The number of hydrogen-bond donors (Lipinski definition) is 0. The van der Waals surface area contributed by atoms with E-state index in [-0.39, 0.29) is 5.78 Å². The predicted octanol–water partition coefficient (Wildman–Crippen LogP) is 5.60. The van der Waals surface area contributed by atoms with Gasteiger partial charge in [0.2, 0.25) is 5.78 Å². The molecule has 0 saturated heterocycles. The van der Waals surface area contributed by atoms with Gasteiger partial charge in [-0.25, -0.2) is 0 Å². The van der Waals surface area contributed by atoms with Gasteiger partial charge >= 0.3 is 0 Å². The SMILES string of the molecule is CC.CCC(=O)C#CC(C)CC.CCc1cccc(C)c1. The summed E-state index contributed by atoms with van der Waals surface area (Å²) in [7, 11) is 0. The lowest BCUT2D eigenvalue weighted by Gasteiger charge is -1.95. The van der Waals surface area contributed by atoms with Crippen LogP contribution in [-0.2, 0) is 11.2 Å². The van der Waals surface area contributed by atoms with Crippen LogP contribution in [0.15, 0.2) is 24.3 Å². The molecule has 1 nitrogen and oxygen atoms in total. The van der Waals surface area contributed by atoms with E-state index < -0.39 is 0 Å². The van der Waals surface area contributed by atoms with Crippen LogP contribution in [0.2, 0.25) is 0 Å². The Morgan fingerprint density at radius 1 is 1.19 bits per heavy atom. The largest absolute Gasteiger partial charge is 0.285 e. The van der Waals surface area contributed by atoms with Crippen molar-refractivity contribution in [1.29, 1.82) is 0 Å². The third-order valence-corrected chi connectivity index (χ3v) is 2.88. The minimum Gasteiger partial charge on any atom is -0.285 e. The summed E-state index contributed by atoms with van der Waals surface area (Å²) in [5, 5.41) is 0. The molecule has 0 aliphatic carbocycles. The standard InChI is InChI=1S/C9H14O.C9H12.C2H6/c1-4-8(3)6-7-9(10)5-2;1-3-9-6-4-5-8(2)7-9;1-2/h8H,4-5H2,1-3H3;4-7H,3H2,1-2H3;1-2H3. The smallest absolute Gasteiger partial charge is 0.205 e. The summed E-state index contributed by atoms with van der Waals surface area (Å²) in [6.07, 6.45) is 2.69. The molecule has 1 heteroatoms. The van der Waals surface area contributed by atoms with Crippen LogP contribution in [0, 0.1) is 24.7 Å². The fraction of sp³-hybridized carbons (Fsp3) is 0.550. The predicted molar refractivity (Wildman–Crippen MR) is 94.4 cm³/mol. The molecule has 118 valence electrons. The molecule has 0 N–H and O–H groups in total. The summed E-state index contributed by atoms with van der Waals surface area (Å²) < 4.78 is 0. The van der Waals surface area contributed by atoms with Gasteiger partial charge in [-0.15, -0.1) is 0 Å². The van der Waals surface area contributed by atoms with Crippen LogP contribution in [0.5, 0.6) is 0 Å². The van der Waals surface area contributed by atoms with Crippen molar-refractivity contribution in [1.82, 2.24) is 0 Å². The fourth-order valence-corrected chi connectivity index (χ4v) is 1.33. The summed E-state index contributed by atoms with van der Waals surface area (Å²) in [5.41, 5.74) is 2.78. The highest BCUT2D eigenvalue weighted by Crippen LogP contribution is 2.03. The first kappa shape index (κ1) is 21.7. The lowest BCUT2D eigenvalue weighted by Crippen LogP contribution is -1.91. The normalized spacial score (nSPS) is 9.86. The molecule has 1 aromatic rings. The molecule has 21 heavy (non-hydrogen) atoms. The van der Waals surface area contributed by atoms with Gasteiger partial charge in [-0.1, -0.05) is 77.3 Å². The molecule has 0 amide bonds. The Morgan fingerprint density at radius 3 is 2.19 bits per heavy atom. The van der Waals surface area contributed by atoms with Crippen molar-refractivity contribution in [2.75, 3.05) is 0 Å². The summed E-state index contributed by atoms with van der Waals surface area (Å²) in [6, 6.07) is 8.61. The van der Waals surface area contributed by atoms with Crippen molar-refractivity contribution in [3.63, 3.8) is 0 Å². The molecule has 1 atom stereocenters. The van der Waals surface area contributed by atoms with E-state index in [1.807, 2.05) is 27.7 Å². The van der Waals surface area contributed by atoms with Crippen LogP contribution in [-0.4, -0.2) is 5.78 Å². The van der Waals surface area contributed by atoms with E-state index >= 15 is 0 Å². The summed E-state index contributed by atoms with van der Waals surface area (Å²) in [5.74, 6) is 5.88. The Labute approximate surface area is 132 Å². The first-order valence-electron chi connectivity index (χ1n) is 8.13. The first-order valence-corrected chi connectivity index (χ1v) is 8.13. The molecule has 0 heterocycles. The molecule has 0 aromatic heterocycles. The minimum atomic E-state index is 0.0419. The summed E-state index contributed by atoms with van der Waals surface area (Å²) in [4.78, 5) is 10.7. The molecule has 1 rings (SSSR count). The zero-order valence-corrected chi connectivity index (χ0v) is 14.9. The number of hydrogen-bond acceptors (Lipinski definition) is 1. The van der Waals surface area contributed by atoms with Crippen LogP contribution in [0.1, 0.15) is 65.5 Å². The van der Waals surface area contributed by atoms with E-state index in [1.165, 1.54) is 11.1 Å². The molecule has 0 aliphatic rings. The lowest BCUT2D eigenvalue weighted by molar-refractivity contribution is -0.113. The fourth-order valence-electron chi connectivity index (χ4n) is 1.33. The molecule has 1 aromatic carbocycles. The number of Topliss-reactive ketones (excluding diaryl/α,β-unsaturated/α-hetero) is 1. The highest BCUT2D eigenvalue weighted by Gasteiger charge is 1.92. The highest BCUT2D eigenvalue weighted by atomic mass is 16.1. The second-order valence-electron chi connectivity index (χ2n) is 4.70. The summed E-state index contributed by atoms with van der Waals surface area (Å²) in [6.45, 7) is 14.2. The number of rotatable bonds is 3. The number of carbonyl (C=O) groups is 1. The van der Waals surface area contributed by atoms with Gasteiger partial charge in [-0.05, 0) is 31.2 Å². The van der Waals surface area contributed by atoms with Gasteiger partial charge < -0.3 is 0 Å². The van der Waals surface area contributed by atoms with E-state index in [9.17, 15) is 4.79 Å². The monoisotopic (exact) mass is 288 g/mol. The van der Waals surface area contributed by atoms with Crippen LogP contribution >= 0.6 is 0 Å². The van der Waals surface area contributed by atoms with Crippen molar-refractivity contribution in [2.45, 2.75) is 67.7 Å². The molecule has 0 bridgehead atoms. The molecule has 0 radical (unpaired) electrons. The molecular formula is C20H32O. The van der Waals surface area contributed by atoms with Crippen LogP contribution in [0.3, 0.4) is 0 Å². The zero-order valence-electron chi connectivity index (χ0n) is 14.9. The first-order chi connectivity index (χ1) is 10.0. The maximum atomic E-state index is 10.7. The van der Waals surface area contributed by atoms with Crippen molar-refractivity contribution >= 4 is 5.78 Å². The molecule has 0 saturated carbocycles. The number of ketones is 1. The van der Waals surface area contributed by atoms with E-state index in [0.29, 0.717) is 12.3 Å². The molecule has 0 aliphatic heterocycles. The van der Waals surface area contributed by atoms with Crippen molar-refractivity contribution in [3.05, 3.63) is 35.4 Å². The van der Waals surface area contributed by atoms with Gasteiger partial charge in [0.15, 0.2) is 0 Å². The Hall–Kier alpha value is -1.55. The van der Waals surface area contributed by atoms with Crippen LogP contribution in [0.4, 0.5) is 0 Å². The zero-order chi connectivity index (χ0) is 16.7. The van der Waals surface area contributed by atoms with E-state index in [4.69, 9.17) is 0 Å². The molecule has 0 fully saturated rings. The average molecular weight is 288 g/mol. The molecular weight excluding hydrogens is 256 g/mol.